The molecule has 1 aliphatic carbocycles. The number of nitrogens with zero attached hydrogens (tertiary/aromatic N) is 1. The first-order valence-corrected chi connectivity index (χ1v) is 7.70. The Bertz CT molecular complexity index is 425. The van der Waals surface area contributed by atoms with Gasteiger partial charge in [-0.1, -0.05) is 13.0 Å². The van der Waals surface area contributed by atoms with E-state index in [9.17, 15) is 0 Å². The maximum absolute atomic E-state index is 5.79. The minimum absolute atomic E-state index is 0.529. The molecule has 0 saturated heterocycles. The lowest BCUT2D eigenvalue weighted by molar-refractivity contribution is 0.164. The van der Waals surface area contributed by atoms with Gasteiger partial charge in [-0.3, -0.25) is 4.90 Å². The van der Waals surface area contributed by atoms with Crippen LogP contribution in [-0.2, 0) is 13.1 Å². The number of rotatable bonds is 5. The third-order valence-corrected chi connectivity index (χ3v) is 4.61. The highest BCUT2D eigenvalue weighted by Crippen LogP contribution is 2.28. The Kier molecular flexibility index (Phi) is 5.44. The van der Waals surface area contributed by atoms with Gasteiger partial charge in [0.1, 0.15) is 5.75 Å². The third-order valence-electron chi connectivity index (χ3n) is 4.61. The number of methoxy groups -OCH3 is 1. The van der Waals surface area contributed by atoms with Gasteiger partial charge in [-0.15, -0.1) is 0 Å². The van der Waals surface area contributed by atoms with Gasteiger partial charge in [-0.05, 0) is 56.3 Å². The number of ether oxygens (including phenoxy) is 1. The van der Waals surface area contributed by atoms with Crippen LogP contribution in [0, 0.1) is 5.92 Å². The molecule has 0 aliphatic heterocycles. The van der Waals surface area contributed by atoms with Crippen molar-refractivity contribution < 1.29 is 4.74 Å². The van der Waals surface area contributed by atoms with Crippen molar-refractivity contribution >= 4 is 0 Å². The van der Waals surface area contributed by atoms with Gasteiger partial charge in [0.05, 0.1) is 7.11 Å². The molecular weight excluding hydrogens is 248 g/mol. The first-order valence-electron chi connectivity index (χ1n) is 7.70. The molecule has 1 aliphatic rings. The predicted molar refractivity (Wildman–Crippen MR) is 83.8 cm³/mol. The predicted octanol–water partition coefficient (Wildman–Crippen LogP) is 3.16. The summed E-state index contributed by atoms with van der Waals surface area (Å²) in [6.07, 6.45) is 5.40. The Balaban J connectivity index is 1.98. The fraction of sp³-hybridized carbons (Fsp3) is 0.647. The van der Waals surface area contributed by atoms with E-state index in [0.29, 0.717) is 6.54 Å². The molecule has 0 aromatic heterocycles. The van der Waals surface area contributed by atoms with Crippen molar-refractivity contribution in [3.63, 3.8) is 0 Å². The Morgan fingerprint density at radius 2 is 1.95 bits per heavy atom. The molecule has 0 amide bonds. The van der Waals surface area contributed by atoms with E-state index in [1.807, 2.05) is 6.07 Å². The van der Waals surface area contributed by atoms with E-state index in [0.717, 1.165) is 29.8 Å². The zero-order valence-corrected chi connectivity index (χ0v) is 13.1. The summed E-state index contributed by atoms with van der Waals surface area (Å²) in [5, 5.41) is 0. The summed E-state index contributed by atoms with van der Waals surface area (Å²) in [5.74, 6) is 1.80. The Morgan fingerprint density at radius 3 is 2.55 bits per heavy atom. The summed E-state index contributed by atoms with van der Waals surface area (Å²) in [4.78, 5) is 2.49. The molecular formula is C17H28N2O. The summed E-state index contributed by atoms with van der Waals surface area (Å²) in [6.45, 7) is 3.89. The van der Waals surface area contributed by atoms with Crippen LogP contribution in [0.4, 0.5) is 0 Å². The average molecular weight is 276 g/mol. The van der Waals surface area contributed by atoms with Crippen LogP contribution >= 0.6 is 0 Å². The van der Waals surface area contributed by atoms with Crippen molar-refractivity contribution in [3.05, 3.63) is 29.3 Å². The molecule has 1 aromatic rings. The largest absolute Gasteiger partial charge is 0.496 e. The molecule has 112 valence electrons. The molecule has 1 fully saturated rings. The lowest BCUT2D eigenvalue weighted by Gasteiger charge is -2.33. The second-order valence-corrected chi connectivity index (χ2v) is 6.18. The second kappa shape index (κ2) is 7.09. The molecule has 2 N–H and O–H groups in total. The molecule has 0 atom stereocenters. The van der Waals surface area contributed by atoms with E-state index >= 15 is 0 Å². The Morgan fingerprint density at radius 1 is 1.25 bits per heavy atom. The van der Waals surface area contributed by atoms with Gasteiger partial charge in [0.25, 0.3) is 0 Å². The van der Waals surface area contributed by atoms with E-state index in [2.05, 4.69) is 31.0 Å². The summed E-state index contributed by atoms with van der Waals surface area (Å²) >= 11 is 0. The van der Waals surface area contributed by atoms with Crippen LogP contribution in [0.2, 0.25) is 0 Å². The quantitative estimate of drug-likeness (QED) is 0.897. The average Bonchev–Trinajstić information content (AvgIpc) is 2.47. The first kappa shape index (κ1) is 15.3. The highest BCUT2D eigenvalue weighted by atomic mass is 16.5. The molecule has 0 bridgehead atoms. The van der Waals surface area contributed by atoms with Gasteiger partial charge in [0.2, 0.25) is 0 Å². The maximum atomic E-state index is 5.79. The van der Waals surface area contributed by atoms with Crippen molar-refractivity contribution in [1.82, 2.24) is 4.90 Å². The number of hydrogen-bond acceptors (Lipinski definition) is 3. The summed E-state index contributed by atoms with van der Waals surface area (Å²) in [5.41, 5.74) is 8.21. The van der Waals surface area contributed by atoms with Crippen molar-refractivity contribution in [2.45, 2.75) is 51.7 Å². The van der Waals surface area contributed by atoms with Crippen molar-refractivity contribution in [3.8, 4) is 5.75 Å². The zero-order chi connectivity index (χ0) is 14.5. The monoisotopic (exact) mass is 276 g/mol. The number of nitrogens with two attached hydrogens (primary N) is 1. The van der Waals surface area contributed by atoms with Gasteiger partial charge >= 0.3 is 0 Å². The molecule has 2 rings (SSSR count). The molecule has 0 unspecified atom stereocenters. The Hall–Kier alpha value is -1.06. The van der Waals surface area contributed by atoms with E-state index < -0.39 is 0 Å². The minimum atomic E-state index is 0.529. The van der Waals surface area contributed by atoms with Crippen molar-refractivity contribution in [1.29, 1.82) is 0 Å². The Labute approximate surface area is 123 Å². The summed E-state index contributed by atoms with van der Waals surface area (Å²) in [7, 11) is 3.94. The highest BCUT2D eigenvalue weighted by molar-refractivity contribution is 5.37. The van der Waals surface area contributed by atoms with Crippen LogP contribution in [0.25, 0.3) is 0 Å². The second-order valence-electron chi connectivity index (χ2n) is 6.18. The van der Waals surface area contributed by atoms with Gasteiger partial charge in [0.15, 0.2) is 0 Å². The number of hydrogen-bond donors (Lipinski definition) is 1. The van der Waals surface area contributed by atoms with Crippen molar-refractivity contribution in [2.75, 3.05) is 14.2 Å². The van der Waals surface area contributed by atoms with Crippen LogP contribution in [0.3, 0.4) is 0 Å². The van der Waals surface area contributed by atoms with Crippen LogP contribution < -0.4 is 10.5 Å². The van der Waals surface area contributed by atoms with Crippen molar-refractivity contribution in [2.24, 2.45) is 11.7 Å². The lowest BCUT2D eigenvalue weighted by Crippen LogP contribution is -2.34. The van der Waals surface area contributed by atoms with Gasteiger partial charge in [-0.25, -0.2) is 0 Å². The summed E-state index contributed by atoms with van der Waals surface area (Å²) in [6, 6.07) is 7.10. The summed E-state index contributed by atoms with van der Waals surface area (Å²) < 4.78 is 5.33. The van der Waals surface area contributed by atoms with Crippen LogP contribution in [-0.4, -0.2) is 25.1 Å². The molecule has 3 nitrogen and oxygen atoms in total. The molecule has 1 aromatic carbocycles. The van der Waals surface area contributed by atoms with E-state index in [1.54, 1.807) is 7.11 Å². The van der Waals surface area contributed by atoms with E-state index in [-0.39, 0.29) is 0 Å². The molecule has 0 radical (unpaired) electrons. The topological polar surface area (TPSA) is 38.5 Å². The normalized spacial score (nSPS) is 23.1. The highest BCUT2D eigenvalue weighted by Gasteiger charge is 2.21. The van der Waals surface area contributed by atoms with Crippen LogP contribution in [0.15, 0.2) is 18.2 Å². The van der Waals surface area contributed by atoms with Crippen LogP contribution in [0.5, 0.6) is 5.75 Å². The zero-order valence-electron chi connectivity index (χ0n) is 13.1. The van der Waals surface area contributed by atoms with Crippen LogP contribution in [0.1, 0.15) is 43.7 Å². The van der Waals surface area contributed by atoms with Gasteiger partial charge in [0, 0.05) is 24.7 Å². The van der Waals surface area contributed by atoms with E-state index in [1.165, 1.54) is 31.2 Å². The molecule has 3 heteroatoms. The fourth-order valence-corrected chi connectivity index (χ4v) is 3.19. The minimum Gasteiger partial charge on any atom is -0.496 e. The maximum Gasteiger partial charge on any atom is 0.123 e. The molecule has 20 heavy (non-hydrogen) atoms. The number of benzene rings is 1. The fourth-order valence-electron chi connectivity index (χ4n) is 3.19. The van der Waals surface area contributed by atoms with Gasteiger partial charge in [-0.2, -0.15) is 0 Å². The lowest BCUT2D eigenvalue weighted by atomic mass is 9.86. The molecule has 0 heterocycles. The van der Waals surface area contributed by atoms with Gasteiger partial charge < -0.3 is 10.5 Å². The smallest absolute Gasteiger partial charge is 0.123 e. The molecule has 0 spiro atoms. The standard InChI is InChI=1S/C17H28N2O/c1-13-4-7-16(8-5-13)19(2)12-14-6-9-17(20-3)15(10-14)11-18/h6,9-10,13,16H,4-5,7-8,11-12,18H2,1-3H3. The third kappa shape index (κ3) is 3.74. The molecule has 1 saturated carbocycles. The first-order chi connectivity index (χ1) is 9.63. The SMILES string of the molecule is COc1ccc(CN(C)C2CCC(C)CC2)cc1CN. The van der Waals surface area contributed by atoms with E-state index in [4.69, 9.17) is 10.5 Å².